The van der Waals surface area contributed by atoms with E-state index in [0.29, 0.717) is 16.2 Å². The molecule has 0 N–H and O–H groups in total. The molecule has 5 aliphatic carbocycles. The molecule has 0 amide bonds. The second-order valence-electron chi connectivity index (χ2n) is 11.5. The molecule has 1 saturated heterocycles. The Labute approximate surface area is 160 Å². The van der Waals surface area contributed by atoms with Gasteiger partial charge < -0.3 is 0 Å². The van der Waals surface area contributed by atoms with Crippen molar-refractivity contribution < 1.29 is 0 Å². The van der Waals surface area contributed by atoms with Gasteiger partial charge >= 0.3 is 0 Å². The van der Waals surface area contributed by atoms with Crippen molar-refractivity contribution in [2.75, 3.05) is 0 Å². The first-order valence-corrected chi connectivity index (χ1v) is 12.6. The molecule has 4 bridgehead atoms. The second kappa shape index (κ2) is 5.92. The minimum absolute atomic E-state index is 0.614. The van der Waals surface area contributed by atoms with Gasteiger partial charge in [0.25, 0.3) is 0 Å². The molecule has 25 heavy (non-hydrogen) atoms. The van der Waals surface area contributed by atoms with Crippen LogP contribution in [0, 0.1) is 34.0 Å². The summed E-state index contributed by atoms with van der Waals surface area (Å²) in [5, 5.41) is 2.02. The van der Waals surface area contributed by atoms with Crippen molar-refractivity contribution in [3.63, 3.8) is 0 Å². The molecule has 0 radical (unpaired) electrons. The highest BCUT2D eigenvalue weighted by atomic mass is 32.2. The zero-order valence-corrected chi connectivity index (χ0v) is 17.8. The number of hydrogen-bond donors (Lipinski definition) is 0. The molecule has 6 rings (SSSR count). The van der Waals surface area contributed by atoms with Gasteiger partial charge in [-0.3, -0.25) is 0 Å². The first-order chi connectivity index (χ1) is 12.0. The second-order valence-corrected chi connectivity index (χ2v) is 12.9. The third-order valence-corrected chi connectivity index (χ3v) is 12.6. The van der Waals surface area contributed by atoms with E-state index in [-0.39, 0.29) is 0 Å². The maximum Gasteiger partial charge on any atom is 0.0138 e. The predicted molar refractivity (Wildman–Crippen MR) is 110 cm³/mol. The Kier molecular flexibility index (Phi) is 4.13. The SMILES string of the molecule is CC12CCCC(C)(CC3C4CCCCC4SC31)C1(C)CCCC2CC1. The lowest BCUT2D eigenvalue weighted by Gasteiger charge is -2.53. The van der Waals surface area contributed by atoms with Crippen molar-refractivity contribution in [1.82, 2.24) is 0 Å². The predicted octanol–water partition coefficient (Wildman–Crippen LogP) is 7.46. The minimum atomic E-state index is 0.614. The average Bonchev–Trinajstić information content (AvgIpc) is 2.83. The van der Waals surface area contributed by atoms with Crippen molar-refractivity contribution in [2.24, 2.45) is 34.0 Å². The average molecular weight is 361 g/mol. The molecule has 0 nitrogen and oxygen atoms in total. The van der Waals surface area contributed by atoms with Gasteiger partial charge in [-0.1, -0.05) is 46.5 Å². The lowest BCUT2D eigenvalue weighted by Crippen LogP contribution is -2.46. The summed E-state index contributed by atoms with van der Waals surface area (Å²) in [6.07, 6.45) is 19.9. The highest BCUT2D eigenvalue weighted by Gasteiger charge is 2.60. The van der Waals surface area contributed by atoms with Crippen molar-refractivity contribution in [2.45, 2.75) is 115 Å². The normalized spacial score (nSPS) is 58.4. The first-order valence-electron chi connectivity index (χ1n) is 11.6. The van der Waals surface area contributed by atoms with Crippen LogP contribution in [0.4, 0.5) is 0 Å². The number of fused-ring (bicyclic) bond motifs is 3. The Bertz CT molecular complexity index is 528. The van der Waals surface area contributed by atoms with Crippen LogP contribution in [0.3, 0.4) is 0 Å². The summed E-state index contributed by atoms with van der Waals surface area (Å²) in [4.78, 5) is 0. The van der Waals surface area contributed by atoms with Crippen LogP contribution in [0.2, 0.25) is 0 Å². The Morgan fingerprint density at radius 2 is 1.48 bits per heavy atom. The molecule has 0 aromatic carbocycles. The summed E-state index contributed by atoms with van der Waals surface area (Å²) in [5.74, 6) is 3.14. The van der Waals surface area contributed by atoms with Crippen LogP contribution < -0.4 is 0 Å². The molecule has 1 heterocycles. The van der Waals surface area contributed by atoms with Gasteiger partial charge in [-0.2, -0.15) is 11.8 Å². The molecule has 6 aliphatic rings. The monoisotopic (exact) mass is 360 g/mol. The maximum atomic E-state index is 2.77. The molecule has 0 spiro atoms. The quantitative estimate of drug-likeness (QED) is 0.432. The molecule has 0 aromatic heterocycles. The maximum absolute atomic E-state index is 2.77. The summed E-state index contributed by atoms with van der Waals surface area (Å²) >= 11 is 2.52. The Balaban J connectivity index is 1.63. The van der Waals surface area contributed by atoms with E-state index >= 15 is 0 Å². The molecule has 0 aromatic rings. The van der Waals surface area contributed by atoms with Gasteiger partial charge in [-0.05, 0) is 91.8 Å². The van der Waals surface area contributed by atoms with Crippen LogP contribution in [0.25, 0.3) is 0 Å². The highest BCUT2D eigenvalue weighted by molar-refractivity contribution is 8.00. The van der Waals surface area contributed by atoms with Gasteiger partial charge in [-0.25, -0.2) is 0 Å². The molecule has 5 saturated carbocycles. The molecule has 6 fully saturated rings. The van der Waals surface area contributed by atoms with E-state index in [2.05, 4.69) is 32.5 Å². The molecule has 142 valence electrons. The highest BCUT2D eigenvalue weighted by Crippen LogP contribution is 2.68. The van der Waals surface area contributed by atoms with Crippen LogP contribution in [-0.2, 0) is 0 Å². The van der Waals surface area contributed by atoms with Gasteiger partial charge in [0.1, 0.15) is 0 Å². The Morgan fingerprint density at radius 3 is 2.36 bits per heavy atom. The first kappa shape index (κ1) is 17.4. The van der Waals surface area contributed by atoms with Gasteiger partial charge in [0.2, 0.25) is 0 Å². The summed E-state index contributed by atoms with van der Waals surface area (Å²) in [6, 6.07) is 0. The van der Waals surface area contributed by atoms with Gasteiger partial charge in [-0.15, -0.1) is 0 Å². The summed E-state index contributed by atoms with van der Waals surface area (Å²) < 4.78 is 0. The zero-order chi connectivity index (χ0) is 17.3. The van der Waals surface area contributed by atoms with Crippen LogP contribution in [0.5, 0.6) is 0 Å². The van der Waals surface area contributed by atoms with Gasteiger partial charge in [0.15, 0.2) is 0 Å². The lowest BCUT2D eigenvalue weighted by molar-refractivity contribution is -0.0132. The molecule has 1 heteroatoms. The third-order valence-electron chi connectivity index (χ3n) is 10.5. The van der Waals surface area contributed by atoms with E-state index in [0.717, 1.165) is 28.3 Å². The van der Waals surface area contributed by atoms with Gasteiger partial charge in [0, 0.05) is 10.5 Å². The van der Waals surface area contributed by atoms with E-state index in [4.69, 9.17) is 0 Å². The molecular weight excluding hydrogens is 320 g/mol. The fourth-order valence-corrected chi connectivity index (χ4v) is 10.9. The standard InChI is InChI=1S/C24H40S/c1-22-12-6-8-17(11-15-22)24(3)14-7-13-23(22,2)16-19-18-9-4-5-10-20(18)25-21(19)24/h17-21H,4-16H2,1-3H3. The molecule has 8 unspecified atom stereocenters. The van der Waals surface area contributed by atoms with Crippen LogP contribution in [-0.4, -0.2) is 10.5 Å². The molecular formula is C24H40S. The third kappa shape index (κ3) is 2.46. The van der Waals surface area contributed by atoms with Crippen LogP contribution in [0.15, 0.2) is 0 Å². The van der Waals surface area contributed by atoms with E-state index in [1.807, 2.05) is 0 Å². The Morgan fingerprint density at radius 1 is 0.680 bits per heavy atom. The van der Waals surface area contributed by atoms with E-state index < -0.39 is 0 Å². The van der Waals surface area contributed by atoms with Crippen molar-refractivity contribution in [3.8, 4) is 0 Å². The summed E-state index contributed by atoms with van der Waals surface area (Å²) in [6.45, 7) is 8.24. The van der Waals surface area contributed by atoms with E-state index in [9.17, 15) is 0 Å². The largest absolute Gasteiger partial charge is 0.154 e. The van der Waals surface area contributed by atoms with Gasteiger partial charge in [0.05, 0.1) is 0 Å². The summed E-state index contributed by atoms with van der Waals surface area (Å²) in [5.41, 5.74) is 1.88. The summed E-state index contributed by atoms with van der Waals surface area (Å²) in [7, 11) is 0. The van der Waals surface area contributed by atoms with Crippen LogP contribution in [0.1, 0.15) is 104 Å². The topological polar surface area (TPSA) is 0 Å². The minimum Gasteiger partial charge on any atom is -0.154 e. The van der Waals surface area contributed by atoms with Crippen molar-refractivity contribution in [3.05, 3.63) is 0 Å². The smallest absolute Gasteiger partial charge is 0.0138 e. The van der Waals surface area contributed by atoms with Crippen molar-refractivity contribution >= 4 is 11.8 Å². The van der Waals surface area contributed by atoms with Crippen molar-refractivity contribution in [1.29, 1.82) is 0 Å². The van der Waals surface area contributed by atoms with E-state index in [1.54, 1.807) is 25.7 Å². The van der Waals surface area contributed by atoms with E-state index in [1.165, 1.54) is 57.8 Å². The fraction of sp³-hybridized carbons (Fsp3) is 1.00. The number of thioether (sulfide) groups is 1. The Hall–Kier alpha value is 0.350. The molecule has 1 aliphatic heterocycles. The zero-order valence-electron chi connectivity index (χ0n) is 17.0. The van der Waals surface area contributed by atoms with Crippen LogP contribution >= 0.6 is 11.8 Å². The number of rotatable bonds is 0. The molecule has 8 atom stereocenters. The fourth-order valence-electron chi connectivity index (χ4n) is 8.57. The number of hydrogen-bond acceptors (Lipinski definition) is 1. The lowest BCUT2D eigenvalue weighted by atomic mass is 9.52.